The molecule has 0 aliphatic carbocycles. The number of carbonyl (C=O) groups excluding carboxylic acids is 1. The van der Waals surface area contributed by atoms with Crippen molar-refractivity contribution < 1.29 is 9.32 Å². The van der Waals surface area contributed by atoms with Gasteiger partial charge in [-0.05, 0) is 30.5 Å². The average Bonchev–Trinajstić information content (AvgIpc) is 3.42. The molecule has 8 heteroatoms. The van der Waals surface area contributed by atoms with Crippen molar-refractivity contribution in [2.45, 2.75) is 13.5 Å². The van der Waals surface area contributed by atoms with Crippen LogP contribution in [-0.2, 0) is 6.54 Å². The lowest BCUT2D eigenvalue weighted by molar-refractivity contribution is 0.0951. The second-order valence-electron chi connectivity index (χ2n) is 6.14. The van der Waals surface area contributed by atoms with Crippen molar-refractivity contribution in [1.29, 1.82) is 0 Å². The Morgan fingerprint density at radius 1 is 1.25 bits per heavy atom. The van der Waals surface area contributed by atoms with Crippen LogP contribution in [0.2, 0.25) is 5.02 Å². The fourth-order valence-electron chi connectivity index (χ4n) is 2.89. The molecule has 3 heterocycles. The van der Waals surface area contributed by atoms with Gasteiger partial charge in [-0.25, -0.2) is 0 Å². The quantitative estimate of drug-likeness (QED) is 0.500. The fourth-order valence-corrected chi connectivity index (χ4v) is 3.81. The van der Waals surface area contributed by atoms with Crippen LogP contribution in [0.25, 0.3) is 21.8 Å². The molecule has 0 saturated carbocycles. The number of rotatable bonds is 6. The lowest BCUT2D eigenvalue weighted by Crippen LogP contribution is -2.28. The summed E-state index contributed by atoms with van der Waals surface area (Å²) in [5.74, 6) is 0.200. The third-order valence-corrected chi connectivity index (χ3v) is 5.48. The summed E-state index contributed by atoms with van der Waals surface area (Å²) < 4.78 is 7.06. The summed E-state index contributed by atoms with van der Waals surface area (Å²) in [5, 5.41) is 14.0. The molecule has 0 atom stereocenters. The van der Waals surface area contributed by atoms with E-state index in [1.54, 1.807) is 24.3 Å². The molecule has 1 N–H and O–H groups in total. The van der Waals surface area contributed by atoms with Crippen LogP contribution in [0.15, 0.2) is 58.6 Å². The third-order valence-electron chi connectivity index (χ3n) is 4.26. The number of nitrogens with one attached hydrogen (secondary N) is 1. The van der Waals surface area contributed by atoms with Crippen molar-refractivity contribution in [3.05, 3.63) is 70.4 Å². The number of halogens is 1. The van der Waals surface area contributed by atoms with Crippen LogP contribution in [-0.4, -0.2) is 27.4 Å². The van der Waals surface area contributed by atoms with Crippen molar-refractivity contribution in [2.24, 2.45) is 0 Å². The first kappa shape index (κ1) is 18.5. The van der Waals surface area contributed by atoms with Crippen LogP contribution >= 0.6 is 22.9 Å². The standard InChI is InChI=1S/C20H17ClN4O2S/c1-13-18(19(24-27-13)14-5-2-3-6-15(14)21)20(26)22-9-11-25-10-8-16(23-25)17-7-4-12-28-17/h2-8,10,12H,9,11H2,1H3,(H,22,26). The molecule has 0 spiro atoms. The summed E-state index contributed by atoms with van der Waals surface area (Å²) in [6.45, 7) is 2.70. The van der Waals surface area contributed by atoms with Gasteiger partial charge in [0.1, 0.15) is 22.7 Å². The van der Waals surface area contributed by atoms with Gasteiger partial charge in [0.25, 0.3) is 5.91 Å². The molecule has 0 saturated heterocycles. The Morgan fingerprint density at radius 2 is 2.11 bits per heavy atom. The summed E-state index contributed by atoms with van der Waals surface area (Å²) >= 11 is 7.89. The van der Waals surface area contributed by atoms with Crippen molar-refractivity contribution in [3.63, 3.8) is 0 Å². The van der Waals surface area contributed by atoms with E-state index in [1.807, 2.05) is 52.7 Å². The van der Waals surface area contributed by atoms with E-state index in [0.717, 1.165) is 10.6 Å². The predicted molar refractivity (Wildman–Crippen MR) is 110 cm³/mol. The summed E-state index contributed by atoms with van der Waals surface area (Å²) in [5.41, 5.74) is 2.43. The van der Waals surface area contributed by atoms with E-state index < -0.39 is 0 Å². The number of hydrogen-bond donors (Lipinski definition) is 1. The topological polar surface area (TPSA) is 73.0 Å². The van der Waals surface area contributed by atoms with Gasteiger partial charge < -0.3 is 9.84 Å². The van der Waals surface area contributed by atoms with Crippen molar-refractivity contribution in [2.75, 3.05) is 6.54 Å². The maximum Gasteiger partial charge on any atom is 0.257 e. The number of nitrogens with zero attached hydrogens (tertiary/aromatic N) is 3. The van der Waals surface area contributed by atoms with E-state index in [2.05, 4.69) is 15.6 Å². The number of carbonyl (C=O) groups is 1. The fraction of sp³-hybridized carbons (Fsp3) is 0.150. The van der Waals surface area contributed by atoms with Crippen molar-refractivity contribution in [3.8, 4) is 21.8 Å². The van der Waals surface area contributed by atoms with Gasteiger partial charge in [0, 0.05) is 18.3 Å². The van der Waals surface area contributed by atoms with Crippen LogP contribution in [0.1, 0.15) is 16.1 Å². The van der Waals surface area contributed by atoms with E-state index in [4.69, 9.17) is 16.1 Å². The Bertz CT molecular complexity index is 1100. The summed E-state index contributed by atoms with van der Waals surface area (Å²) in [6.07, 6.45) is 1.90. The van der Waals surface area contributed by atoms with E-state index in [-0.39, 0.29) is 5.91 Å². The lowest BCUT2D eigenvalue weighted by atomic mass is 10.1. The molecular formula is C20H17ClN4O2S. The van der Waals surface area contributed by atoms with Gasteiger partial charge in [0.15, 0.2) is 0 Å². The minimum Gasteiger partial charge on any atom is -0.360 e. The first-order valence-electron chi connectivity index (χ1n) is 8.70. The Labute approximate surface area is 170 Å². The number of thiophene rings is 1. The zero-order valence-corrected chi connectivity index (χ0v) is 16.6. The molecule has 1 amide bonds. The van der Waals surface area contributed by atoms with Gasteiger partial charge >= 0.3 is 0 Å². The third kappa shape index (κ3) is 3.72. The molecule has 4 aromatic rings. The molecule has 142 valence electrons. The Morgan fingerprint density at radius 3 is 2.89 bits per heavy atom. The largest absolute Gasteiger partial charge is 0.360 e. The molecule has 1 aromatic carbocycles. The normalized spacial score (nSPS) is 10.9. The highest BCUT2D eigenvalue weighted by Gasteiger charge is 2.22. The SMILES string of the molecule is Cc1onc(-c2ccccc2Cl)c1C(=O)NCCn1ccc(-c2cccs2)n1. The highest BCUT2D eigenvalue weighted by Crippen LogP contribution is 2.30. The molecule has 0 bridgehead atoms. The second kappa shape index (κ2) is 8.00. The van der Waals surface area contributed by atoms with Crippen LogP contribution in [0.3, 0.4) is 0 Å². The van der Waals surface area contributed by atoms with Crippen molar-refractivity contribution >= 4 is 28.8 Å². The van der Waals surface area contributed by atoms with Crippen LogP contribution in [0.4, 0.5) is 0 Å². The zero-order valence-electron chi connectivity index (χ0n) is 15.1. The number of benzene rings is 1. The Balaban J connectivity index is 1.44. The van der Waals surface area contributed by atoms with Gasteiger partial charge in [0.2, 0.25) is 0 Å². The van der Waals surface area contributed by atoms with Gasteiger partial charge in [-0.2, -0.15) is 5.10 Å². The van der Waals surface area contributed by atoms with Crippen LogP contribution in [0, 0.1) is 6.92 Å². The summed E-state index contributed by atoms with van der Waals surface area (Å²) in [4.78, 5) is 13.8. The maximum atomic E-state index is 12.7. The van der Waals surface area contributed by atoms with Gasteiger partial charge in [-0.3, -0.25) is 9.48 Å². The van der Waals surface area contributed by atoms with Gasteiger partial charge in [0.05, 0.1) is 16.4 Å². The monoisotopic (exact) mass is 412 g/mol. The molecule has 28 heavy (non-hydrogen) atoms. The number of amides is 1. The number of hydrogen-bond acceptors (Lipinski definition) is 5. The van der Waals surface area contributed by atoms with E-state index in [1.165, 1.54) is 0 Å². The number of aromatic nitrogens is 3. The highest BCUT2D eigenvalue weighted by molar-refractivity contribution is 7.13. The van der Waals surface area contributed by atoms with E-state index >= 15 is 0 Å². The molecule has 0 fully saturated rings. The molecule has 6 nitrogen and oxygen atoms in total. The minimum absolute atomic E-state index is 0.251. The maximum absolute atomic E-state index is 12.7. The molecule has 3 aromatic heterocycles. The first-order valence-corrected chi connectivity index (χ1v) is 9.96. The van der Waals surface area contributed by atoms with E-state index in [0.29, 0.717) is 40.7 Å². The summed E-state index contributed by atoms with van der Waals surface area (Å²) in [6, 6.07) is 13.2. The van der Waals surface area contributed by atoms with E-state index in [9.17, 15) is 4.79 Å². The highest BCUT2D eigenvalue weighted by atomic mass is 35.5. The summed E-state index contributed by atoms with van der Waals surface area (Å²) in [7, 11) is 0. The van der Waals surface area contributed by atoms with Gasteiger partial charge in [-0.1, -0.05) is 41.0 Å². The lowest BCUT2D eigenvalue weighted by Gasteiger charge is -2.07. The Hall–Kier alpha value is -2.90. The molecular weight excluding hydrogens is 396 g/mol. The van der Waals surface area contributed by atoms with Crippen molar-refractivity contribution in [1.82, 2.24) is 20.3 Å². The molecule has 0 unspecified atom stereocenters. The predicted octanol–water partition coefficient (Wildman–Crippen LogP) is 4.66. The molecule has 0 aliphatic rings. The first-order chi connectivity index (χ1) is 13.6. The average molecular weight is 413 g/mol. The molecule has 4 rings (SSSR count). The molecule has 0 aliphatic heterocycles. The number of aryl methyl sites for hydroxylation is 1. The van der Waals surface area contributed by atoms with Crippen LogP contribution < -0.4 is 5.32 Å². The van der Waals surface area contributed by atoms with Gasteiger partial charge in [-0.15, -0.1) is 11.3 Å². The minimum atomic E-state index is -0.251. The second-order valence-corrected chi connectivity index (χ2v) is 7.49. The zero-order chi connectivity index (χ0) is 19.5. The molecule has 0 radical (unpaired) electrons. The van der Waals surface area contributed by atoms with Crippen LogP contribution in [0.5, 0.6) is 0 Å². The Kier molecular flexibility index (Phi) is 5.27. The smallest absolute Gasteiger partial charge is 0.257 e.